The number of aliphatic hydroxyl groups excluding tert-OH is 1. The zero-order valence-electron chi connectivity index (χ0n) is 16.6. The molecule has 0 bridgehead atoms. The number of aliphatic hydroxyl groups is 1. The van der Waals surface area contributed by atoms with Crippen molar-refractivity contribution in [3.8, 4) is 17.2 Å². The molecule has 8 heteroatoms. The van der Waals surface area contributed by atoms with Gasteiger partial charge < -0.3 is 24.1 Å². The number of nitrogens with zero attached hydrogens (tertiary/aromatic N) is 1. The lowest BCUT2D eigenvalue weighted by Crippen LogP contribution is -2.48. The second-order valence-electron chi connectivity index (χ2n) is 7.36. The number of methoxy groups -OCH3 is 3. The first kappa shape index (κ1) is 20.8. The molecule has 150 valence electrons. The summed E-state index contributed by atoms with van der Waals surface area (Å²) in [6, 6.07) is 2.76. The van der Waals surface area contributed by atoms with Crippen LogP contribution in [0.15, 0.2) is 12.1 Å². The first-order valence-electron chi connectivity index (χ1n) is 8.60. The van der Waals surface area contributed by atoms with Gasteiger partial charge in [0.1, 0.15) is 6.61 Å². The molecule has 2 atom stereocenters. The maximum Gasteiger partial charge on any atom is 0.417 e. The fourth-order valence-electron chi connectivity index (χ4n) is 3.10. The average molecular weight is 381 g/mol. The summed E-state index contributed by atoms with van der Waals surface area (Å²) in [7, 11) is 4.40. The number of hydrogen-bond donors (Lipinski definition) is 1. The van der Waals surface area contributed by atoms with E-state index in [2.05, 4.69) is 0 Å². The number of carbonyl (C=O) groups is 2. The van der Waals surface area contributed by atoms with Gasteiger partial charge in [-0.05, 0) is 23.1 Å². The van der Waals surface area contributed by atoms with Gasteiger partial charge in [0.25, 0.3) is 0 Å². The molecule has 2 rings (SSSR count). The molecule has 1 aliphatic rings. The Morgan fingerprint density at radius 1 is 1.22 bits per heavy atom. The molecule has 0 aliphatic carbocycles. The quantitative estimate of drug-likeness (QED) is 0.807. The lowest BCUT2D eigenvalue weighted by molar-refractivity contribution is -0.133. The van der Waals surface area contributed by atoms with Crippen molar-refractivity contribution < 1.29 is 33.6 Å². The minimum atomic E-state index is -0.978. The number of benzene rings is 1. The molecule has 8 nitrogen and oxygen atoms in total. The van der Waals surface area contributed by atoms with Gasteiger partial charge in [-0.1, -0.05) is 20.8 Å². The molecule has 1 heterocycles. The molecule has 0 spiro atoms. The fourth-order valence-corrected chi connectivity index (χ4v) is 3.10. The zero-order valence-corrected chi connectivity index (χ0v) is 16.6. The van der Waals surface area contributed by atoms with Gasteiger partial charge in [-0.25, -0.2) is 9.69 Å². The Bertz CT molecular complexity index is 685. The van der Waals surface area contributed by atoms with E-state index in [1.54, 1.807) is 12.1 Å². The maximum absolute atomic E-state index is 13.2. The minimum Gasteiger partial charge on any atom is -0.493 e. The van der Waals surface area contributed by atoms with Crippen LogP contribution in [0.1, 0.15) is 32.3 Å². The fraction of sp³-hybridized carbons (Fsp3) is 0.579. The first-order valence-corrected chi connectivity index (χ1v) is 8.60. The van der Waals surface area contributed by atoms with Gasteiger partial charge in [0, 0.05) is 0 Å². The van der Waals surface area contributed by atoms with Crippen LogP contribution in [-0.4, -0.2) is 62.6 Å². The molecule has 1 N–H and O–H groups in total. The van der Waals surface area contributed by atoms with Gasteiger partial charge in [0.2, 0.25) is 11.7 Å². The van der Waals surface area contributed by atoms with Crippen LogP contribution in [0.3, 0.4) is 0 Å². The lowest BCUT2D eigenvalue weighted by Gasteiger charge is -2.32. The molecule has 2 amide bonds. The van der Waals surface area contributed by atoms with E-state index in [4.69, 9.17) is 18.9 Å². The summed E-state index contributed by atoms with van der Waals surface area (Å²) in [4.78, 5) is 26.5. The topological polar surface area (TPSA) is 94.5 Å². The number of ether oxygens (including phenoxy) is 4. The summed E-state index contributed by atoms with van der Waals surface area (Å²) in [5, 5.41) is 9.93. The summed E-state index contributed by atoms with van der Waals surface area (Å²) in [5.41, 5.74) is 0.0845. The smallest absolute Gasteiger partial charge is 0.417 e. The summed E-state index contributed by atoms with van der Waals surface area (Å²) < 4.78 is 21.0. The molecule has 1 saturated heterocycles. The van der Waals surface area contributed by atoms with Gasteiger partial charge in [-0.3, -0.25) is 4.79 Å². The molecule has 1 aromatic carbocycles. The monoisotopic (exact) mass is 381 g/mol. The Morgan fingerprint density at radius 3 is 2.19 bits per heavy atom. The molecule has 0 unspecified atom stereocenters. The molecule has 1 aromatic rings. The predicted molar refractivity (Wildman–Crippen MR) is 97.4 cm³/mol. The van der Waals surface area contributed by atoms with Crippen LogP contribution in [-0.2, 0) is 9.53 Å². The first-order chi connectivity index (χ1) is 12.7. The summed E-state index contributed by atoms with van der Waals surface area (Å²) >= 11 is 0. The number of cyclic esters (lactones) is 1. The highest BCUT2D eigenvalue weighted by atomic mass is 16.6. The van der Waals surface area contributed by atoms with Gasteiger partial charge in [-0.15, -0.1) is 0 Å². The Labute approximate surface area is 159 Å². The van der Waals surface area contributed by atoms with Crippen molar-refractivity contribution in [3.63, 3.8) is 0 Å². The number of hydrogen-bond acceptors (Lipinski definition) is 7. The highest BCUT2D eigenvalue weighted by Gasteiger charge is 2.46. The number of amides is 2. The van der Waals surface area contributed by atoms with Crippen LogP contribution < -0.4 is 14.2 Å². The number of carbonyl (C=O) groups excluding carboxylic acids is 2. The van der Waals surface area contributed by atoms with Crippen molar-refractivity contribution in [2.45, 2.75) is 32.7 Å². The molecule has 0 aromatic heterocycles. The van der Waals surface area contributed by atoms with Gasteiger partial charge in [-0.2, -0.15) is 0 Å². The van der Waals surface area contributed by atoms with E-state index in [-0.39, 0.29) is 12.0 Å². The van der Waals surface area contributed by atoms with E-state index >= 15 is 0 Å². The second kappa shape index (κ2) is 8.04. The van der Waals surface area contributed by atoms with Crippen molar-refractivity contribution in [2.24, 2.45) is 5.41 Å². The average Bonchev–Trinajstić information content (AvgIpc) is 3.03. The van der Waals surface area contributed by atoms with Crippen molar-refractivity contribution in [2.75, 3.05) is 34.5 Å². The second-order valence-corrected chi connectivity index (χ2v) is 7.36. The summed E-state index contributed by atoms with van der Waals surface area (Å²) in [5.74, 6) is -0.423. The van der Waals surface area contributed by atoms with Gasteiger partial charge in [0.05, 0.1) is 39.9 Å². The molecule has 1 aliphatic heterocycles. The minimum absolute atomic E-state index is 0.126. The molecular weight excluding hydrogens is 354 g/mol. The Balaban J connectivity index is 2.47. The Kier molecular flexibility index (Phi) is 6.20. The van der Waals surface area contributed by atoms with Crippen LogP contribution in [0, 0.1) is 5.41 Å². The summed E-state index contributed by atoms with van der Waals surface area (Å²) in [6.07, 6.45) is -0.703. The molecule has 27 heavy (non-hydrogen) atoms. The van der Waals surface area contributed by atoms with E-state index in [0.717, 1.165) is 4.90 Å². The van der Waals surface area contributed by atoms with Crippen LogP contribution >= 0.6 is 0 Å². The highest BCUT2D eigenvalue weighted by Crippen LogP contribution is 2.41. The van der Waals surface area contributed by atoms with Crippen LogP contribution in [0.4, 0.5) is 4.79 Å². The van der Waals surface area contributed by atoms with E-state index in [0.29, 0.717) is 22.8 Å². The van der Waals surface area contributed by atoms with Crippen LogP contribution in [0.5, 0.6) is 17.2 Å². The van der Waals surface area contributed by atoms with E-state index in [1.807, 2.05) is 20.8 Å². The van der Waals surface area contributed by atoms with E-state index in [1.165, 1.54) is 21.3 Å². The van der Waals surface area contributed by atoms with Crippen molar-refractivity contribution >= 4 is 12.0 Å². The Morgan fingerprint density at radius 2 is 1.78 bits per heavy atom. The van der Waals surface area contributed by atoms with Crippen molar-refractivity contribution in [1.82, 2.24) is 4.90 Å². The zero-order chi connectivity index (χ0) is 20.4. The molecule has 0 radical (unpaired) electrons. The molecule has 1 fully saturated rings. The van der Waals surface area contributed by atoms with Crippen LogP contribution in [0.2, 0.25) is 0 Å². The number of rotatable bonds is 6. The third-order valence-corrected chi connectivity index (χ3v) is 4.68. The molecular formula is C19H27NO7. The van der Waals surface area contributed by atoms with Crippen molar-refractivity contribution in [1.29, 1.82) is 0 Å². The predicted octanol–water partition coefficient (Wildman–Crippen LogP) is 2.18. The van der Waals surface area contributed by atoms with Gasteiger partial charge in [0.15, 0.2) is 11.5 Å². The van der Waals surface area contributed by atoms with Crippen LogP contribution in [0.25, 0.3) is 0 Å². The third-order valence-electron chi connectivity index (χ3n) is 4.68. The highest BCUT2D eigenvalue weighted by molar-refractivity contribution is 5.97. The normalized spacial score (nSPS) is 18.1. The Hall–Kier alpha value is -2.48. The van der Waals surface area contributed by atoms with Crippen molar-refractivity contribution in [3.05, 3.63) is 17.7 Å². The largest absolute Gasteiger partial charge is 0.493 e. The van der Waals surface area contributed by atoms with E-state index < -0.39 is 30.6 Å². The standard InChI is InChI=1S/C19H27NO7/c1-19(2,3)15-10-27-18(23)20(15)17(22)12(9-21)11-7-13(24-4)16(26-6)14(8-11)25-5/h7-8,12,15,21H,9-10H2,1-6H3/t12-,15+/m0/s1. The maximum atomic E-state index is 13.2. The van der Waals surface area contributed by atoms with Gasteiger partial charge >= 0.3 is 6.09 Å². The number of imide groups is 1. The van der Waals surface area contributed by atoms with E-state index in [9.17, 15) is 14.7 Å². The third kappa shape index (κ3) is 3.95. The SMILES string of the molecule is COc1cc([C@H](CO)C(=O)N2C(=O)OC[C@@H]2C(C)(C)C)cc(OC)c1OC. The lowest BCUT2D eigenvalue weighted by atomic mass is 9.85. The molecule has 0 saturated carbocycles. The summed E-state index contributed by atoms with van der Waals surface area (Å²) in [6.45, 7) is 5.41.